The van der Waals surface area contributed by atoms with Crippen LogP contribution in [0.2, 0.25) is 0 Å². The summed E-state index contributed by atoms with van der Waals surface area (Å²) in [6.07, 6.45) is 1.30. The van der Waals surface area contributed by atoms with Gasteiger partial charge in [0, 0.05) is 23.4 Å². The summed E-state index contributed by atoms with van der Waals surface area (Å²) in [5.41, 5.74) is 2.96. The Morgan fingerprint density at radius 1 is 1.24 bits per heavy atom. The molecule has 0 unspecified atom stereocenters. The van der Waals surface area contributed by atoms with Gasteiger partial charge in [-0.15, -0.1) is 0 Å². The molecule has 0 saturated carbocycles. The molecule has 1 aromatic heterocycles. The van der Waals surface area contributed by atoms with Crippen LogP contribution in [0.1, 0.15) is 61.6 Å². The van der Waals surface area contributed by atoms with Gasteiger partial charge in [0.1, 0.15) is 17.8 Å². The molecule has 2 aromatic rings. The van der Waals surface area contributed by atoms with E-state index >= 15 is 0 Å². The summed E-state index contributed by atoms with van der Waals surface area (Å²) >= 11 is 0. The number of hydrogen-bond donors (Lipinski definition) is 4. The number of benzene rings is 1. The molecule has 1 saturated heterocycles. The minimum atomic E-state index is -0.821. The van der Waals surface area contributed by atoms with Crippen molar-refractivity contribution in [2.45, 2.75) is 66.0 Å². The van der Waals surface area contributed by atoms with Crippen LogP contribution < -0.4 is 16.0 Å². The highest BCUT2D eigenvalue weighted by atomic mass is 16.2. The number of aryl methyl sites for hydroxylation is 2. The van der Waals surface area contributed by atoms with E-state index in [1.165, 1.54) is 0 Å². The van der Waals surface area contributed by atoms with Crippen LogP contribution in [0.25, 0.3) is 10.9 Å². The monoisotopic (exact) mass is 451 g/mol. The van der Waals surface area contributed by atoms with Crippen molar-refractivity contribution in [1.29, 1.82) is 5.26 Å². The summed E-state index contributed by atoms with van der Waals surface area (Å²) in [4.78, 5) is 41.3. The quantitative estimate of drug-likeness (QED) is 0.516. The molecule has 176 valence electrons. The predicted molar refractivity (Wildman–Crippen MR) is 126 cm³/mol. The molecular formula is C25H33N5O3. The summed E-state index contributed by atoms with van der Waals surface area (Å²) in [5, 5.41) is 18.9. The topological polar surface area (TPSA) is 127 Å². The zero-order valence-electron chi connectivity index (χ0n) is 20.0. The van der Waals surface area contributed by atoms with E-state index in [1.807, 2.05) is 52.8 Å². The lowest BCUT2D eigenvalue weighted by Crippen LogP contribution is -2.51. The molecule has 2 heterocycles. The fourth-order valence-electron chi connectivity index (χ4n) is 4.29. The van der Waals surface area contributed by atoms with E-state index in [0.717, 1.165) is 22.0 Å². The number of nitrogens with zero attached hydrogens (tertiary/aromatic N) is 1. The summed E-state index contributed by atoms with van der Waals surface area (Å²) in [7, 11) is 0. The zero-order valence-corrected chi connectivity index (χ0v) is 20.0. The zero-order chi connectivity index (χ0) is 24.3. The smallest absolute Gasteiger partial charge is 0.268 e. The first kappa shape index (κ1) is 24.3. The third-order valence-corrected chi connectivity index (χ3v) is 6.03. The van der Waals surface area contributed by atoms with Gasteiger partial charge in [0.15, 0.2) is 0 Å². The molecule has 3 atom stereocenters. The Labute approximate surface area is 194 Å². The van der Waals surface area contributed by atoms with Crippen molar-refractivity contribution in [2.24, 2.45) is 11.3 Å². The molecule has 33 heavy (non-hydrogen) atoms. The number of rotatable bonds is 7. The van der Waals surface area contributed by atoms with Crippen LogP contribution in [0, 0.1) is 36.5 Å². The number of carbonyl (C=O) groups excluding carboxylic acids is 3. The molecule has 3 amide bonds. The Morgan fingerprint density at radius 2 is 1.97 bits per heavy atom. The summed E-state index contributed by atoms with van der Waals surface area (Å²) in [5.74, 6) is -1.17. The Bertz CT molecular complexity index is 1110. The second kappa shape index (κ2) is 9.65. The maximum atomic E-state index is 13.2. The Morgan fingerprint density at radius 3 is 2.58 bits per heavy atom. The number of amides is 3. The van der Waals surface area contributed by atoms with Crippen LogP contribution >= 0.6 is 0 Å². The second-order valence-electron chi connectivity index (χ2n) is 10.2. The van der Waals surface area contributed by atoms with Gasteiger partial charge in [0.2, 0.25) is 11.8 Å². The Kier molecular flexibility index (Phi) is 7.11. The lowest BCUT2D eigenvalue weighted by molar-refractivity contribution is -0.125. The summed E-state index contributed by atoms with van der Waals surface area (Å²) in [6, 6.07) is 6.39. The van der Waals surface area contributed by atoms with E-state index < -0.39 is 18.0 Å². The third-order valence-electron chi connectivity index (χ3n) is 6.03. The summed E-state index contributed by atoms with van der Waals surface area (Å²) in [6.45, 7) is 10.4. The first-order valence-electron chi connectivity index (χ1n) is 11.4. The standard InChI is InChI=1S/C25H33N5O3/c1-14-6-7-19-18(10-14)15(2)21(29-19)24(33)30-20(12-25(3,4)5)23(32)28-17(13-26)11-16-8-9-27-22(16)31/h6-7,10,16-17,20,29H,8-9,11-12H2,1-5H3,(H,27,31)(H,28,32)(H,30,33)/t16-,17-,20-/m0/s1. The lowest BCUT2D eigenvalue weighted by atomic mass is 9.87. The predicted octanol–water partition coefficient (Wildman–Crippen LogP) is 2.85. The average Bonchev–Trinajstić information content (AvgIpc) is 3.28. The number of fused-ring (bicyclic) bond motifs is 1. The van der Waals surface area contributed by atoms with Crippen molar-refractivity contribution in [3.8, 4) is 6.07 Å². The Hall–Kier alpha value is -3.34. The van der Waals surface area contributed by atoms with E-state index in [1.54, 1.807) is 0 Å². The van der Waals surface area contributed by atoms with Crippen LogP contribution in [0.5, 0.6) is 0 Å². The van der Waals surface area contributed by atoms with Gasteiger partial charge in [-0.25, -0.2) is 0 Å². The number of aromatic nitrogens is 1. The molecule has 3 rings (SSSR count). The van der Waals surface area contributed by atoms with Gasteiger partial charge in [-0.2, -0.15) is 5.26 Å². The van der Waals surface area contributed by atoms with Crippen molar-refractivity contribution in [3.63, 3.8) is 0 Å². The minimum absolute atomic E-state index is 0.0893. The third kappa shape index (κ3) is 5.92. The van der Waals surface area contributed by atoms with Gasteiger partial charge in [-0.1, -0.05) is 32.4 Å². The van der Waals surface area contributed by atoms with Crippen molar-refractivity contribution < 1.29 is 14.4 Å². The molecule has 8 nitrogen and oxygen atoms in total. The first-order valence-corrected chi connectivity index (χ1v) is 11.4. The number of hydrogen-bond acceptors (Lipinski definition) is 4. The largest absolute Gasteiger partial charge is 0.356 e. The molecule has 0 spiro atoms. The van der Waals surface area contributed by atoms with Crippen LogP contribution in [-0.2, 0) is 9.59 Å². The molecule has 0 bridgehead atoms. The molecule has 1 aromatic carbocycles. The molecule has 4 N–H and O–H groups in total. The number of aromatic amines is 1. The summed E-state index contributed by atoms with van der Waals surface area (Å²) < 4.78 is 0. The van der Waals surface area contributed by atoms with Crippen LogP contribution in [0.4, 0.5) is 0 Å². The van der Waals surface area contributed by atoms with E-state index in [4.69, 9.17) is 0 Å². The fourth-order valence-corrected chi connectivity index (χ4v) is 4.29. The van der Waals surface area contributed by atoms with Gasteiger partial charge in [-0.3, -0.25) is 14.4 Å². The van der Waals surface area contributed by atoms with Crippen LogP contribution in [0.3, 0.4) is 0 Å². The van der Waals surface area contributed by atoms with Crippen molar-refractivity contribution in [2.75, 3.05) is 6.54 Å². The molecule has 1 aliphatic rings. The van der Waals surface area contributed by atoms with Gasteiger partial charge < -0.3 is 20.9 Å². The van der Waals surface area contributed by atoms with Crippen LogP contribution in [-0.4, -0.2) is 41.3 Å². The van der Waals surface area contributed by atoms with Gasteiger partial charge in [0.05, 0.1) is 6.07 Å². The lowest BCUT2D eigenvalue weighted by Gasteiger charge is -2.27. The van der Waals surface area contributed by atoms with E-state index in [2.05, 4.69) is 27.0 Å². The highest BCUT2D eigenvalue weighted by Gasteiger charge is 2.32. The highest BCUT2D eigenvalue weighted by Crippen LogP contribution is 2.25. The maximum Gasteiger partial charge on any atom is 0.268 e. The van der Waals surface area contributed by atoms with Crippen molar-refractivity contribution in [1.82, 2.24) is 20.9 Å². The number of carbonyl (C=O) groups is 3. The molecule has 1 aliphatic heterocycles. The van der Waals surface area contributed by atoms with E-state index in [0.29, 0.717) is 25.1 Å². The average molecular weight is 452 g/mol. The molecule has 0 radical (unpaired) electrons. The normalized spacial score (nSPS) is 17.8. The van der Waals surface area contributed by atoms with Gasteiger partial charge >= 0.3 is 0 Å². The molecule has 8 heteroatoms. The minimum Gasteiger partial charge on any atom is -0.356 e. The maximum absolute atomic E-state index is 13.2. The highest BCUT2D eigenvalue weighted by molar-refractivity contribution is 6.02. The first-order chi connectivity index (χ1) is 15.5. The van der Waals surface area contributed by atoms with Crippen molar-refractivity contribution in [3.05, 3.63) is 35.0 Å². The molecular weight excluding hydrogens is 418 g/mol. The molecule has 0 aliphatic carbocycles. The van der Waals surface area contributed by atoms with Gasteiger partial charge in [0.25, 0.3) is 5.91 Å². The SMILES string of the molecule is Cc1ccc2[nH]c(C(=O)N[C@@H](CC(C)(C)C)C(=O)N[C@H](C#N)C[C@@H]3CCNC3=O)c(C)c2c1. The van der Waals surface area contributed by atoms with Gasteiger partial charge in [-0.05, 0) is 56.2 Å². The fraction of sp³-hybridized carbons (Fsp3) is 0.520. The van der Waals surface area contributed by atoms with Crippen molar-refractivity contribution >= 4 is 28.6 Å². The van der Waals surface area contributed by atoms with Crippen LogP contribution in [0.15, 0.2) is 18.2 Å². The van der Waals surface area contributed by atoms with E-state index in [-0.39, 0.29) is 29.6 Å². The molecule has 1 fully saturated rings. The number of H-pyrrole nitrogens is 1. The number of nitriles is 1. The second-order valence-corrected chi connectivity index (χ2v) is 10.2. The van der Waals surface area contributed by atoms with E-state index in [9.17, 15) is 19.6 Å². The number of nitrogens with one attached hydrogen (secondary N) is 4. The Balaban J connectivity index is 1.77.